The third-order valence-corrected chi connectivity index (χ3v) is 2.77. The summed E-state index contributed by atoms with van der Waals surface area (Å²) in [4.78, 5) is 11.6. The van der Waals surface area contributed by atoms with Crippen molar-refractivity contribution in [3.8, 4) is 0 Å². The highest BCUT2D eigenvalue weighted by molar-refractivity contribution is 5.75. The van der Waals surface area contributed by atoms with Crippen molar-refractivity contribution in [2.75, 3.05) is 6.61 Å². The Balaban J connectivity index is 2.25. The summed E-state index contributed by atoms with van der Waals surface area (Å²) in [7, 11) is 0. The summed E-state index contributed by atoms with van der Waals surface area (Å²) in [5, 5.41) is 0. The Labute approximate surface area is 109 Å². The van der Waals surface area contributed by atoms with Crippen molar-refractivity contribution in [2.24, 2.45) is 11.7 Å². The van der Waals surface area contributed by atoms with Crippen molar-refractivity contribution in [1.29, 1.82) is 0 Å². The zero-order valence-corrected chi connectivity index (χ0v) is 11.3. The highest BCUT2D eigenvalue weighted by Gasteiger charge is 2.15. The number of hydrogen-bond donors (Lipinski definition) is 1. The van der Waals surface area contributed by atoms with Crippen LogP contribution < -0.4 is 5.73 Å². The third kappa shape index (κ3) is 5.82. The average molecular weight is 249 g/mol. The van der Waals surface area contributed by atoms with Crippen molar-refractivity contribution in [1.82, 2.24) is 0 Å². The van der Waals surface area contributed by atoms with E-state index in [0.29, 0.717) is 18.9 Å². The van der Waals surface area contributed by atoms with Gasteiger partial charge in [-0.05, 0) is 30.7 Å². The van der Waals surface area contributed by atoms with E-state index >= 15 is 0 Å². The van der Waals surface area contributed by atoms with Gasteiger partial charge in [-0.1, -0.05) is 44.2 Å². The van der Waals surface area contributed by atoms with Crippen LogP contribution in [0.3, 0.4) is 0 Å². The van der Waals surface area contributed by atoms with E-state index in [1.807, 2.05) is 30.3 Å². The minimum atomic E-state index is -0.563. The van der Waals surface area contributed by atoms with Crippen molar-refractivity contribution >= 4 is 5.97 Å². The Morgan fingerprint density at radius 1 is 1.28 bits per heavy atom. The number of carbonyl (C=O) groups is 1. The summed E-state index contributed by atoms with van der Waals surface area (Å²) in [5.74, 6) is 0.337. The number of hydrogen-bond acceptors (Lipinski definition) is 3. The molecule has 2 N–H and O–H groups in total. The number of esters is 1. The lowest BCUT2D eigenvalue weighted by molar-refractivity contribution is -0.145. The summed E-state index contributed by atoms with van der Waals surface area (Å²) < 4.78 is 5.16. The van der Waals surface area contributed by atoms with Crippen LogP contribution in [0.2, 0.25) is 0 Å². The van der Waals surface area contributed by atoms with Gasteiger partial charge in [-0.25, -0.2) is 0 Å². The molecule has 0 heterocycles. The minimum Gasteiger partial charge on any atom is -0.465 e. The molecule has 0 spiro atoms. The maximum absolute atomic E-state index is 11.6. The van der Waals surface area contributed by atoms with Gasteiger partial charge in [0, 0.05) is 0 Å². The molecule has 0 saturated carbocycles. The smallest absolute Gasteiger partial charge is 0.323 e. The zero-order chi connectivity index (χ0) is 13.4. The Morgan fingerprint density at radius 2 is 1.94 bits per heavy atom. The van der Waals surface area contributed by atoms with Crippen LogP contribution in [0.25, 0.3) is 0 Å². The molecule has 0 saturated heterocycles. The summed E-state index contributed by atoms with van der Waals surface area (Å²) in [5.41, 5.74) is 6.88. The van der Waals surface area contributed by atoms with Gasteiger partial charge in [-0.2, -0.15) is 0 Å². The number of rotatable bonds is 7. The molecule has 0 aliphatic rings. The summed E-state index contributed by atoms with van der Waals surface area (Å²) in [6.45, 7) is 4.78. The van der Waals surface area contributed by atoms with Gasteiger partial charge in [0.25, 0.3) is 0 Å². The average Bonchev–Trinajstić information content (AvgIpc) is 2.35. The lowest BCUT2D eigenvalue weighted by Gasteiger charge is -2.12. The molecule has 0 aliphatic carbocycles. The molecule has 0 radical (unpaired) electrons. The molecule has 0 fully saturated rings. The van der Waals surface area contributed by atoms with Crippen LogP contribution in [-0.2, 0) is 16.0 Å². The quantitative estimate of drug-likeness (QED) is 0.597. The topological polar surface area (TPSA) is 52.3 Å². The van der Waals surface area contributed by atoms with E-state index in [4.69, 9.17) is 10.5 Å². The van der Waals surface area contributed by atoms with Crippen molar-refractivity contribution in [2.45, 2.75) is 39.2 Å². The molecule has 0 bridgehead atoms. The lowest BCUT2D eigenvalue weighted by Crippen LogP contribution is -2.34. The molecule has 1 unspecified atom stereocenters. The molecule has 1 rings (SSSR count). The van der Waals surface area contributed by atoms with E-state index in [0.717, 1.165) is 18.4 Å². The summed E-state index contributed by atoms with van der Waals surface area (Å²) in [6, 6.07) is 9.19. The molecular weight excluding hydrogens is 226 g/mol. The first-order chi connectivity index (χ1) is 8.59. The molecule has 0 aromatic heterocycles. The van der Waals surface area contributed by atoms with E-state index in [1.54, 1.807) is 0 Å². The molecule has 1 atom stereocenters. The normalized spacial score (nSPS) is 12.4. The zero-order valence-electron chi connectivity index (χ0n) is 11.3. The number of benzene rings is 1. The van der Waals surface area contributed by atoms with Gasteiger partial charge in [-0.3, -0.25) is 4.79 Å². The van der Waals surface area contributed by atoms with E-state index in [2.05, 4.69) is 13.8 Å². The van der Waals surface area contributed by atoms with Crippen LogP contribution in [-0.4, -0.2) is 18.6 Å². The fourth-order valence-electron chi connectivity index (χ4n) is 1.72. The predicted octanol–water partition coefficient (Wildman–Crippen LogP) is 2.54. The van der Waals surface area contributed by atoms with Crippen LogP contribution in [0.5, 0.6) is 0 Å². The van der Waals surface area contributed by atoms with Gasteiger partial charge in [0.15, 0.2) is 0 Å². The molecule has 3 heteroatoms. The van der Waals surface area contributed by atoms with E-state index in [1.165, 1.54) is 0 Å². The predicted molar refractivity (Wildman–Crippen MR) is 73.2 cm³/mol. The molecular formula is C15H23NO2. The van der Waals surface area contributed by atoms with Crippen LogP contribution in [0.15, 0.2) is 30.3 Å². The Bertz CT molecular complexity index is 349. The lowest BCUT2D eigenvalue weighted by atomic mass is 10.1. The molecule has 100 valence electrons. The minimum absolute atomic E-state index is 0.303. The first kappa shape index (κ1) is 14.7. The van der Waals surface area contributed by atoms with Crippen molar-refractivity contribution in [3.05, 3.63) is 35.9 Å². The second-order valence-corrected chi connectivity index (χ2v) is 5.00. The van der Waals surface area contributed by atoms with E-state index in [9.17, 15) is 4.79 Å². The molecule has 1 aromatic carbocycles. The standard InChI is InChI=1S/C15H23NO2/c1-12(2)7-6-10-18-15(17)14(16)11-13-8-4-3-5-9-13/h3-5,8-9,12,14H,6-7,10-11,16H2,1-2H3. The first-order valence-electron chi connectivity index (χ1n) is 6.55. The molecule has 1 aromatic rings. The SMILES string of the molecule is CC(C)CCCOC(=O)C(N)Cc1ccccc1. The number of ether oxygens (including phenoxy) is 1. The van der Waals surface area contributed by atoms with Gasteiger partial charge >= 0.3 is 5.97 Å². The summed E-state index contributed by atoms with van der Waals surface area (Å²) in [6.07, 6.45) is 2.51. The van der Waals surface area contributed by atoms with Gasteiger partial charge in [0.1, 0.15) is 6.04 Å². The van der Waals surface area contributed by atoms with E-state index < -0.39 is 6.04 Å². The number of nitrogens with two attached hydrogens (primary N) is 1. The highest BCUT2D eigenvalue weighted by atomic mass is 16.5. The first-order valence-corrected chi connectivity index (χ1v) is 6.55. The Hall–Kier alpha value is -1.35. The van der Waals surface area contributed by atoms with Crippen LogP contribution >= 0.6 is 0 Å². The van der Waals surface area contributed by atoms with Gasteiger partial charge in [-0.15, -0.1) is 0 Å². The maximum Gasteiger partial charge on any atom is 0.323 e. The van der Waals surface area contributed by atoms with Gasteiger partial charge < -0.3 is 10.5 Å². The molecule has 0 aliphatic heterocycles. The third-order valence-electron chi connectivity index (χ3n) is 2.77. The van der Waals surface area contributed by atoms with Crippen LogP contribution in [0, 0.1) is 5.92 Å². The molecule has 18 heavy (non-hydrogen) atoms. The van der Waals surface area contributed by atoms with E-state index in [-0.39, 0.29) is 5.97 Å². The molecule has 3 nitrogen and oxygen atoms in total. The monoisotopic (exact) mass is 249 g/mol. The fourth-order valence-corrected chi connectivity index (χ4v) is 1.72. The van der Waals surface area contributed by atoms with Crippen LogP contribution in [0.1, 0.15) is 32.3 Å². The maximum atomic E-state index is 11.6. The fraction of sp³-hybridized carbons (Fsp3) is 0.533. The second kappa shape index (κ2) is 7.88. The second-order valence-electron chi connectivity index (χ2n) is 5.00. The van der Waals surface area contributed by atoms with Gasteiger partial charge in [0.05, 0.1) is 6.61 Å². The van der Waals surface area contributed by atoms with Crippen molar-refractivity contribution < 1.29 is 9.53 Å². The number of carbonyl (C=O) groups excluding carboxylic acids is 1. The Kier molecular flexibility index (Phi) is 6.44. The molecule has 0 amide bonds. The Morgan fingerprint density at radius 3 is 2.56 bits per heavy atom. The van der Waals surface area contributed by atoms with Gasteiger partial charge in [0.2, 0.25) is 0 Å². The van der Waals surface area contributed by atoms with Crippen LogP contribution in [0.4, 0.5) is 0 Å². The largest absolute Gasteiger partial charge is 0.465 e. The van der Waals surface area contributed by atoms with Crippen molar-refractivity contribution in [3.63, 3.8) is 0 Å². The highest BCUT2D eigenvalue weighted by Crippen LogP contribution is 2.05. The summed E-state index contributed by atoms with van der Waals surface area (Å²) >= 11 is 0.